The number of halogens is 1. The minimum Gasteiger partial charge on any atom is -0.310 e. The zero-order chi connectivity index (χ0) is 7.84. The molecule has 0 atom stereocenters. The van der Waals surface area contributed by atoms with Gasteiger partial charge in [-0.05, 0) is 31.7 Å². The van der Waals surface area contributed by atoms with Gasteiger partial charge in [0.15, 0.2) is 0 Å². The van der Waals surface area contributed by atoms with Crippen molar-refractivity contribution in [3.05, 3.63) is 27.4 Å². The van der Waals surface area contributed by atoms with Crippen molar-refractivity contribution < 1.29 is 0 Å². The van der Waals surface area contributed by atoms with Gasteiger partial charge in [-0.2, -0.15) is 4.98 Å². The second-order valence-electron chi connectivity index (χ2n) is 2.95. The molecule has 0 bridgehead atoms. The third-order valence-electron chi connectivity index (χ3n) is 2.17. The number of hydrogen-bond acceptors (Lipinski definition) is 2. The van der Waals surface area contributed by atoms with Crippen LogP contribution in [0.2, 0.25) is 0 Å². The van der Waals surface area contributed by atoms with Crippen molar-refractivity contribution in [3.63, 3.8) is 0 Å². The van der Waals surface area contributed by atoms with E-state index in [4.69, 9.17) is 0 Å². The Kier molecular flexibility index (Phi) is 2.52. The molecule has 1 N–H and O–H groups in total. The Balaban J connectivity index is 0.000000720. The maximum absolute atomic E-state index is 10.9. The first-order valence-corrected chi connectivity index (χ1v) is 3.86. The average molecular weight is 187 g/mol. The highest BCUT2D eigenvalue weighted by Gasteiger charge is 2.14. The van der Waals surface area contributed by atoms with Crippen molar-refractivity contribution in [2.45, 2.75) is 26.2 Å². The van der Waals surface area contributed by atoms with E-state index >= 15 is 0 Å². The molecule has 4 heteroatoms. The molecule has 12 heavy (non-hydrogen) atoms. The molecular formula is C8H11ClN2O. The minimum absolute atomic E-state index is 0. The Hall–Kier alpha value is -0.830. The van der Waals surface area contributed by atoms with Crippen molar-refractivity contribution in [2.24, 2.45) is 0 Å². The molecule has 0 aliphatic heterocycles. The first-order valence-electron chi connectivity index (χ1n) is 3.86. The quantitative estimate of drug-likeness (QED) is 0.657. The Labute approximate surface area is 76.6 Å². The van der Waals surface area contributed by atoms with Gasteiger partial charge in [0, 0.05) is 5.69 Å². The highest BCUT2D eigenvalue weighted by Crippen LogP contribution is 2.19. The summed E-state index contributed by atoms with van der Waals surface area (Å²) in [6.07, 6.45) is 3.19. The number of nitrogens with zero attached hydrogens (tertiary/aromatic N) is 1. The van der Waals surface area contributed by atoms with Crippen LogP contribution in [-0.4, -0.2) is 9.97 Å². The zero-order valence-electron chi connectivity index (χ0n) is 6.89. The van der Waals surface area contributed by atoms with Crippen LogP contribution in [0.4, 0.5) is 0 Å². The number of hydrogen-bond donors (Lipinski definition) is 1. The lowest BCUT2D eigenvalue weighted by molar-refractivity contribution is 0.895. The van der Waals surface area contributed by atoms with Gasteiger partial charge in [-0.15, -0.1) is 12.4 Å². The molecule has 2 rings (SSSR count). The van der Waals surface area contributed by atoms with E-state index in [-0.39, 0.29) is 18.1 Å². The Morgan fingerprint density at radius 1 is 1.42 bits per heavy atom. The molecule has 0 aromatic carbocycles. The molecule has 1 aliphatic rings. The summed E-state index contributed by atoms with van der Waals surface area (Å²) in [6, 6.07) is 0. The number of aromatic amines is 1. The maximum Gasteiger partial charge on any atom is 0.345 e. The summed E-state index contributed by atoms with van der Waals surface area (Å²) in [6.45, 7) is 1.94. The molecule has 0 radical (unpaired) electrons. The average Bonchev–Trinajstić information content (AvgIpc) is 2.34. The van der Waals surface area contributed by atoms with Gasteiger partial charge in [0.25, 0.3) is 0 Å². The molecule has 0 amide bonds. The summed E-state index contributed by atoms with van der Waals surface area (Å²) in [5.41, 5.74) is 3.05. The fraction of sp³-hybridized carbons (Fsp3) is 0.500. The summed E-state index contributed by atoms with van der Waals surface area (Å²) < 4.78 is 0. The van der Waals surface area contributed by atoms with Crippen LogP contribution in [0.15, 0.2) is 4.79 Å². The van der Waals surface area contributed by atoms with Crippen LogP contribution in [0, 0.1) is 6.92 Å². The Morgan fingerprint density at radius 2 is 2.17 bits per heavy atom. The van der Waals surface area contributed by atoms with Crippen LogP contribution in [0.3, 0.4) is 0 Å². The van der Waals surface area contributed by atoms with Gasteiger partial charge in [0.1, 0.15) is 0 Å². The van der Waals surface area contributed by atoms with E-state index in [2.05, 4.69) is 9.97 Å². The lowest BCUT2D eigenvalue weighted by Crippen LogP contribution is -2.14. The van der Waals surface area contributed by atoms with Crippen LogP contribution in [0.1, 0.15) is 23.4 Å². The molecule has 0 spiro atoms. The smallest absolute Gasteiger partial charge is 0.310 e. The van der Waals surface area contributed by atoms with Crippen LogP contribution >= 0.6 is 12.4 Å². The number of nitrogens with one attached hydrogen (secondary N) is 1. The SMILES string of the molecule is Cc1[nH]c(=O)nc2c1CCC2.Cl. The highest BCUT2D eigenvalue weighted by molar-refractivity contribution is 5.85. The number of H-pyrrole nitrogens is 1. The molecule has 0 saturated heterocycles. The first kappa shape index (κ1) is 9.26. The summed E-state index contributed by atoms with van der Waals surface area (Å²) >= 11 is 0. The van der Waals surface area contributed by atoms with E-state index in [0.717, 1.165) is 30.7 Å². The van der Waals surface area contributed by atoms with E-state index in [9.17, 15) is 4.79 Å². The monoisotopic (exact) mass is 186 g/mol. The molecule has 1 aliphatic carbocycles. The molecule has 1 aromatic rings. The predicted octanol–water partition coefficient (Wildman–Crippen LogP) is 0.989. The first-order chi connectivity index (χ1) is 5.27. The van der Waals surface area contributed by atoms with Gasteiger partial charge in [-0.25, -0.2) is 4.79 Å². The number of aromatic nitrogens is 2. The third kappa shape index (κ3) is 1.37. The standard InChI is InChI=1S/C8H10N2O.ClH/c1-5-6-3-2-4-7(6)10-8(11)9-5;/h2-4H2,1H3,(H,9,10,11);1H. The van der Waals surface area contributed by atoms with Crippen LogP contribution in [0.5, 0.6) is 0 Å². The number of rotatable bonds is 0. The van der Waals surface area contributed by atoms with Crippen molar-refractivity contribution in [3.8, 4) is 0 Å². The van der Waals surface area contributed by atoms with Gasteiger partial charge < -0.3 is 4.98 Å². The van der Waals surface area contributed by atoms with Gasteiger partial charge in [0.2, 0.25) is 0 Å². The fourth-order valence-corrected chi connectivity index (χ4v) is 1.64. The predicted molar refractivity (Wildman–Crippen MR) is 48.9 cm³/mol. The molecule has 0 saturated carbocycles. The van der Waals surface area contributed by atoms with Gasteiger partial charge >= 0.3 is 5.69 Å². The van der Waals surface area contributed by atoms with Crippen LogP contribution in [-0.2, 0) is 12.8 Å². The molecule has 1 heterocycles. The number of fused-ring (bicyclic) bond motifs is 1. The van der Waals surface area contributed by atoms with Gasteiger partial charge in [0.05, 0.1) is 5.69 Å². The number of aryl methyl sites for hydroxylation is 2. The van der Waals surface area contributed by atoms with E-state index in [1.54, 1.807) is 0 Å². The second kappa shape index (κ2) is 3.27. The van der Waals surface area contributed by atoms with Crippen LogP contribution < -0.4 is 5.69 Å². The summed E-state index contributed by atoms with van der Waals surface area (Å²) in [5, 5.41) is 0. The summed E-state index contributed by atoms with van der Waals surface area (Å²) in [4.78, 5) is 17.5. The van der Waals surface area contributed by atoms with Crippen molar-refractivity contribution >= 4 is 12.4 Å². The molecule has 0 fully saturated rings. The third-order valence-corrected chi connectivity index (χ3v) is 2.17. The van der Waals surface area contributed by atoms with Crippen molar-refractivity contribution in [1.82, 2.24) is 9.97 Å². The van der Waals surface area contributed by atoms with Crippen molar-refractivity contribution in [1.29, 1.82) is 0 Å². The van der Waals surface area contributed by atoms with E-state index in [1.807, 2.05) is 6.92 Å². The topological polar surface area (TPSA) is 45.8 Å². The van der Waals surface area contributed by atoms with E-state index in [1.165, 1.54) is 5.56 Å². The fourth-order valence-electron chi connectivity index (χ4n) is 1.64. The molecule has 0 unspecified atom stereocenters. The maximum atomic E-state index is 10.9. The Bertz CT molecular complexity index is 345. The molecule has 66 valence electrons. The van der Waals surface area contributed by atoms with Crippen LogP contribution in [0.25, 0.3) is 0 Å². The van der Waals surface area contributed by atoms with E-state index < -0.39 is 0 Å². The van der Waals surface area contributed by atoms with Gasteiger partial charge in [-0.3, -0.25) is 0 Å². The molecule has 3 nitrogen and oxygen atoms in total. The minimum atomic E-state index is -0.205. The summed E-state index contributed by atoms with van der Waals surface area (Å²) in [5.74, 6) is 0. The van der Waals surface area contributed by atoms with E-state index in [0.29, 0.717) is 0 Å². The van der Waals surface area contributed by atoms with Gasteiger partial charge in [-0.1, -0.05) is 0 Å². The Morgan fingerprint density at radius 3 is 2.92 bits per heavy atom. The zero-order valence-corrected chi connectivity index (χ0v) is 7.70. The lowest BCUT2D eigenvalue weighted by Gasteiger charge is -1.99. The lowest BCUT2D eigenvalue weighted by atomic mass is 10.2. The normalized spacial score (nSPS) is 13.8. The summed E-state index contributed by atoms with van der Waals surface area (Å²) in [7, 11) is 0. The highest BCUT2D eigenvalue weighted by atomic mass is 35.5. The largest absolute Gasteiger partial charge is 0.345 e. The van der Waals surface area contributed by atoms with Crippen molar-refractivity contribution in [2.75, 3.05) is 0 Å². The molecular weight excluding hydrogens is 176 g/mol. The molecule has 1 aromatic heterocycles. The second-order valence-corrected chi connectivity index (χ2v) is 2.95.